The summed E-state index contributed by atoms with van der Waals surface area (Å²) in [6.45, 7) is 9.21. The Morgan fingerprint density at radius 2 is 1.50 bits per heavy atom. The van der Waals surface area contributed by atoms with Crippen molar-refractivity contribution in [3.63, 3.8) is 0 Å². The van der Waals surface area contributed by atoms with Crippen LogP contribution in [0.15, 0.2) is 73.1 Å². The lowest BCUT2D eigenvalue weighted by Gasteiger charge is -2.21. The number of thiophene rings is 1. The molecule has 5 N–H and O–H groups in total. The van der Waals surface area contributed by atoms with Gasteiger partial charge in [-0.1, -0.05) is 89.8 Å². The summed E-state index contributed by atoms with van der Waals surface area (Å²) in [6, 6.07) is 16.8. The van der Waals surface area contributed by atoms with E-state index in [1.807, 2.05) is 54.6 Å². The van der Waals surface area contributed by atoms with Crippen LogP contribution in [0.25, 0.3) is 22.5 Å². The van der Waals surface area contributed by atoms with E-state index in [0.29, 0.717) is 10.7 Å². The number of hydrogen-bond acceptors (Lipinski definition) is 8. The molecular formula is C39H49N5O5S. The van der Waals surface area contributed by atoms with Gasteiger partial charge in [-0.05, 0) is 60.2 Å². The van der Waals surface area contributed by atoms with Crippen molar-refractivity contribution in [3.8, 4) is 28.3 Å². The van der Waals surface area contributed by atoms with Gasteiger partial charge >= 0.3 is 5.97 Å². The molecule has 2 atom stereocenters. The molecule has 0 spiro atoms. The van der Waals surface area contributed by atoms with Gasteiger partial charge in [-0.25, -0.2) is 14.8 Å². The average molecular weight is 700 g/mol. The van der Waals surface area contributed by atoms with Gasteiger partial charge in [0.05, 0.1) is 11.5 Å². The van der Waals surface area contributed by atoms with Crippen molar-refractivity contribution in [3.05, 3.63) is 88.4 Å². The number of hydrogen-bond donors (Lipinski definition) is 4. The Morgan fingerprint density at radius 3 is 2.10 bits per heavy atom. The van der Waals surface area contributed by atoms with Crippen LogP contribution < -0.4 is 21.1 Å². The second kappa shape index (κ2) is 18.4. The predicted octanol–water partition coefficient (Wildman–Crippen LogP) is 6.78. The van der Waals surface area contributed by atoms with Crippen LogP contribution in [-0.4, -0.2) is 58.1 Å². The highest BCUT2D eigenvalue weighted by Crippen LogP contribution is 2.29. The van der Waals surface area contributed by atoms with Crippen molar-refractivity contribution in [2.24, 2.45) is 5.73 Å². The van der Waals surface area contributed by atoms with E-state index in [1.165, 1.54) is 37.0 Å². The number of amides is 2. The molecule has 0 saturated carbocycles. The Morgan fingerprint density at radius 1 is 0.840 bits per heavy atom. The highest BCUT2D eigenvalue weighted by molar-refractivity contribution is 7.14. The molecule has 4 aromatic rings. The molecule has 0 saturated heterocycles. The summed E-state index contributed by atoms with van der Waals surface area (Å²) in [6.07, 6.45) is 9.77. The molecule has 50 heavy (non-hydrogen) atoms. The largest absolute Gasteiger partial charge is 0.494 e. The fraction of sp³-hybridized carbons (Fsp3) is 0.410. The van der Waals surface area contributed by atoms with Crippen LogP contribution in [0.2, 0.25) is 0 Å². The zero-order valence-electron chi connectivity index (χ0n) is 29.4. The second-order valence-corrected chi connectivity index (χ2v) is 14.5. The molecule has 11 heteroatoms. The number of aromatic nitrogens is 2. The van der Waals surface area contributed by atoms with Gasteiger partial charge in [-0.3, -0.25) is 9.59 Å². The normalized spacial score (nSPS) is 12.6. The molecule has 0 aliphatic heterocycles. The Balaban J connectivity index is 1.42. The quantitative estimate of drug-likeness (QED) is 0.0829. The maximum Gasteiger partial charge on any atom is 0.326 e. The maximum absolute atomic E-state index is 13.4. The second-order valence-electron chi connectivity index (χ2n) is 13.4. The van der Waals surface area contributed by atoms with Crippen LogP contribution in [0, 0.1) is 0 Å². The van der Waals surface area contributed by atoms with E-state index in [-0.39, 0.29) is 24.8 Å². The molecule has 2 aromatic heterocycles. The number of carboxylic acids is 1. The first-order valence-electron chi connectivity index (χ1n) is 17.3. The van der Waals surface area contributed by atoms with E-state index in [0.717, 1.165) is 45.9 Å². The fourth-order valence-electron chi connectivity index (χ4n) is 5.29. The number of ether oxygens (including phenoxy) is 1. The minimum atomic E-state index is -1.19. The zero-order chi connectivity index (χ0) is 36.1. The van der Waals surface area contributed by atoms with E-state index >= 15 is 0 Å². The van der Waals surface area contributed by atoms with Crippen LogP contribution in [0.1, 0.15) is 86.3 Å². The van der Waals surface area contributed by atoms with E-state index in [2.05, 4.69) is 48.3 Å². The molecule has 0 bridgehead atoms. The molecule has 2 amide bonds. The minimum absolute atomic E-state index is 0.0636. The lowest BCUT2D eigenvalue weighted by Crippen LogP contribution is -2.52. The van der Waals surface area contributed by atoms with Gasteiger partial charge in [0.25, 0.3) is 5.91 Å². The van der Waals surface area contributed by atoms with Crippen LogP contribution in [-0.2, 0) is 21.4 Å². The maximum atomic E-state index is 13.4. The molecule has 0 radical (unpaired) electrons. The monoisotopic (exact) mass is 699 g/mol. The Hall–Kier alpha value is -4.61. The first-order valence-corrected chi connectivity index (χ1v) is 18.1. The number of unbranched alkanes of at least 4 members (excludes halogenated alkanes) is 4. The van der Waals surface area contributed by atoms with Crippen LogP contribution in [0.3, 0.4) is 0 Å². The number of nitrogens with two attached hydrogens (primary N) is 1. The molecule has 0 fully saturated rings. The Bertz CT molecular complexity index is 1680. The Labute approximate surface area is 298 Å². The summed E-state index contributed by atoms with van der Waals surface area (Å²) in [4.78, 5) is 49.0. The molecule has 0 unspecified atom stereocenters. The summed E-state index contributed by atoms with van der Waals surface area (Å²) in [5.41, 5.74) is 8.87. The Kier molecular flexibility index (Phi) is 14.1. The van der Waals surface area contributed by atoms with E-state index in [4.69, 9.17) is 10.5 Å². The van der Waals surface area contributed by atoms with Gasteiger partial charge in [0.2, 0.25) is 5.91 Å². The van der Waals surface area contributed by atoms with Gasteiger partial charge in [0.15, 0.2) is 5.82 Å². The molecule has 266 valence electrons. The summed E-state index contributed by atoms with van der Waals surface area (Å²) in [5.74, 6) is -0.797. The molecular weight excluding hydrogens is 651 g/mol. The average Bonchev–Trinajstić information content (AvgIpc) is 3.62. The van der Waals surface area contributed by atoms with Gasteiger partial charge in [0.1, 0.15) is 17.8 Å². The third kappa shape index (κ3) is 11.2. The van der Waals surface area contributed by atoms with Crippen molar-refractivity contribution < 1.29 is 24.2 Å². The van der Waals surface area contributed by atoms with E-state index in [9.17, 15) is 19.5 Å². The number of nitrogens with zero attached hydrogens (tertiary/aromatic N) is 2. The summed E-state index contributed by atoms with van der Waals surface area (Å²) >= 11 is 1.37. The summed E-state index contributed by atoms with van der Waals surface area (Å²) in [5, 5.41) is 14.9. The number of carboxylic acid groups (broad SMARTS) is 1. The standard InChI is InChI=1S/C39H49N5O5S/c1-5-6-7-8-9-22-49-30-16-14-27(15-17-30)29-24-41-35(42-25-29)28-12-10-26(11-13-28)23-32(36(45)43-31(20-21-40)38(47)48)44-37(46)33-18-19-34(50-33)39(2,3)4/h10-19,24-25,31-32H,5-9,20-23,40H2,1-4H3,(H,43,45)(H,44,46)(H,47,48)/t31-,32-/m0/s1. The number of aliphatic carboxylic acids is 1. The number of rotatable bonds is 18. The third-order valence-electron chi connectivity index (χ3n) is 8.27. The van der Waals surface area contributed by atoms with Crippen LogP contribution in [0.4, 0.5) is 0 Å². The minimum Gasteiger partial charge on any atom is -0.494 e. The van der Waals surface area contributed by atoms with Gasteiger partial charge in [0, 0.05) is 34.8 Å². The topological polar surface area (TPSA) is 157 Å². The molecule has 2 aromatic carbocycles. The van der Waals surface area contributed by atoms with Gasteiger partial charge < -0.3 is 26.2 Å². The highest BCUT2D eigenvalue weighted by atomic mass is 32.1. The smallest absolute Gasteiger partial charge is 0.326 e. The molecule has 2 heterocycles. The number of benzene rings is 2. The number of carbonyl (C=O) groups excluding carboxylic acids is 2. The lowest BCUT2D eigenvalue weighted by atomic mass is 9.95. The predicted molar refractivity (Wildman–Crippen MR) is 198 cm³/mol. The lowest BCUT2D eigenvalue weighted by molar-refractivity contribution is -0.142. The number of nitrogens with one attached hydrogen (secondary N) is 2. The van der Waals surface area contributed by atoms with Crippen molar-refractivity contribution >= 4 is 29.1 Å². The van der Waals surface area contributed by atoms with Crippen molar-refractivity contribution in [2.45, 2.75) is 90.1 Å². The molecule has 0 aliphatic carbocycles. The molecule has 0 aliphatic rings. The molecule has 4 rings (SSSR count). The van der Waals surface area contributed by atoms with Crippen LogP contribution in [0.5, 0.6) is 5.75 Å². The zero-order valence-corrected chi connectivity index (χ0v) is 30.2. The van der Waals surface area contributed by atoms with E-state index in [1.54, 1.807) is 18.5 Å². The van der Waals surface area contributed by atoms with Gasteiger partial charge in [-0.2, -0.15) is 0 Å². The van der Waals surface area contributed by atoms with Gasteiger partial charge in [-0.15, -0.1) is 11.3 Å². The molecule has 10 nitrogen and oxygen atoms in total. The van der Waals surface area contributed by atoms with Crippen molar-refractivity contribution in [2.75, 3.05) is 13.2 Å². The highest BCUT2D eigenvalue weighted by Gasteiger charge is 2.28. The van der Waals surface area contributed by atoms with Crippen molar-refractivity contribution in [1.82, 2.24) is 20.6 Å². The summed E-state index contributed by atoms with van der Waals surface area (Å²) in [7, 11) is 0. The number of carbonyl (C=O) groups is 3. The SMILES string of the molecule is CCCCCCCOc1ccc(-c2cnc(-c3ccc(C[C@H](NC(=O)c4ccc(C(C)(C)C)s4)C(=O)N[C@@H](CCN)C(=O)O)cc3)nc2)cc1. The first kappa shape index (κ1) is 38.2. The fourth-order valence-corrected chi connectivity index (χ4v) is 6.26. The van der Waals surface area contributed by atoms with Crippen LogP contribution >= 0.6 is 11.3 Å². The van der Waals surface area contributed by atoms with E-state index < -0.39 is 29.9 Å². The summed E-state index contributed by atoms with van der Waals surface area (Å²) < 4.78 is 5.89. The third-order valence-corrected chi connectivity index (χ3v) is 9.78. The first-order chi connectivity index (χ1) is 24.0. The van der Waals surface area contributed by atoms with Crippen molar-refractivity contribution in [1.29, 1.82) is 0 Å².